The van der Waals surface area contributed by atoms with Crippen molar-refractivity contribution in [2.45, 2.75) is 17.7 Å². The first-order valence-corrected chi connectivity index (χ1v) is 9.09. The Labute approximate surface area is 145 Å². The maximum absolute atomic E-state index is 13.4. The molecule has 2 aliphatic heterocycles. The lowest BCUT2D eigenvalue weighted by Crippen LogP contribution is -2.54. The molecule has 3 rings (SSSR count). The summed E-state index contributed by atoms with van der Waals surface area (Å²) in [7, 11) is 3.49. The summed E-state index contributed by atoms with van der Waals surface area (Å²) < 4.78 is 13.4. The number of piperidine rings is 1. The quantitative estimate of drug-likeness (QED) is 0.781. The van der Waals surface area contributed by atoms with Crippen molar-refractivity contribution in [1.82, 2.24) is 14.7 Å². The highest BCUT2D eigenvalue weighted by molar-refractivity contribution is 8.00. The molecule has 5 nitrogen and oxygen atoms in total. The van der Waals surface area contributed by atoms with Gasteiger partial charge in [0.25, 0.3) is 5.91 Å². The lowest BCUT2D eigenvalue weighted by molar-refractivity contribution is 0.0569. The molecule has 2 saturated heterocycles. The molecule has 1 spiro atoms. The van der Waals surface area contributed by atoms with Crippen LogP contribution in [-0.4, -0.2) is 71.0 Å². The number of nitrogens with zero attached hydrogens (tertiary/aromatic N) is 3. The number of amides is 3. The van der Waals surface area contributed by atoms with Crippen molar-refractivity contribution in [3.8, 4) is 0 Å². The van der Waals surface area contributed by atoms with Crippen LogP contribution in [0.3, 0.4) is 0 Å². The van der Waals surface area contributed by atoms with Gasteiger partial charge in [-0.1, -0.05) is 6.07 Å². The van der Waals surface area contributed by atoms with Gasteiger partial charge in [0.2, 0.25) is 0 Å². The zero-order valence-electron chi connectivity index (χ0n) is 14.0. The molecule has 0 aromatic heterocycles. The van der Waals surface area contributed by atoms with Crippen molar-refractivity contribution >= 4 is 23.7 Å². The van der Waals surface area contributed by atoms with E-state index in [0.717, 1.165) is 18.6 Å². The van der Waals surface area contributed by atoms with Gasteiger partial charge in [-0.3, -0.25) is 4.79 Å². The summed E-state index contributed by atoms with van der Waals surface area (Å²) in [5.74, 6) is 0.364. The van der Waals surface area contributed by atoms with Crippen LogP contribution >= 0.6 is 11.8 Å². The Morgan fingerprint density at radius 3 is 2.54 bits per heavy atom. The van der Waals surface area contributed by atoms with E-state index in [4.69, 9.17) is 0 Å². The lowest BCUT2D eigenvalue weighted by Gasteiger charge is -2.44. The molecule has 3 amide bonds. The van der Waals surface area contributed by atoms with Gasteiger partial charge >= 0.3 is 6.03 Å². The number of hydrogen-bond donors (Lipinski definition) is 0. The fourth-order valence-corrected chi connectivity index (χ4v) is 4.87. The van der Waals surface area contributed by atoms with E-state index in [1.807, 2.05) is 9.80 Å². The Balaban J connectivity index is 1.74. The van der Waals surface area contributed by atoms with Gasteiger partial charge in [-0.15, -0.1) is 11.8 Å². The van der Waals surface area contributed by atoms with Gasteiger partial charge in [-0.25, -0.2) is 9.18 Å². The third-order valence-corrected chi connectivity index (χ3v) is 6.24. The van der Waals surface area contributed by atoms with E-state index in [-0.39, 0.29) is 16.8 Å². The molecule has 1 aromatic rings. The lowest BCUT2D eigenvalue weighted by atomic mass is 10.0. The van der Waals surface area contributed by atoms with Crippen LogP contribution in [-0.2, 0) is 0 Å². The number of urea groups is 1. The zero-order chi connectivity index (χ0) is 17.3. The van der Waals surface area contributed by atoms with Crippen molar-refractivity contribution in [2.75, 3.05) is 39.5 Å². The molecule has 130 valence electrons. The average Bonchev–Trinajstić information content (AvgIpc) is 2.97. The van der Waals surface area contributed by atoms with Crippen LogP contribution < -0.4 is 0 Å². The molecule has 2 fully saturated rings. The van der Waals surface area contributed by atoms with Crippen LogP contribution in [0.1, 0.15) is 23.2 Å². The van der Waals surface area contributed by atoms with Gasteiger partial charge < -0.3 is 14.7 Å². The molecule has 0 unspecified atom stereocenters. The van der Waals surface area contributed by atoms with Crippen molar-refractivity contribution in [1.29, 1.82) is 0 Å². The summed E-state index contributed by atoms with van der Waals surface area (Å²) >= 11 is 1.78. The van der Waals surface area contributed by atoms with E-state index in [1.165, 1.54) is 12.1 Å². The molecule has 2 heterocycles. The Kier molecular flexibility index (Phi) is 4.71. The van der Waals surface area contributed by atoms with Crippen molar-refractivity contribution in [3.05, 3.63) is 35.6 Å². The largest absolute Gasteiger partial charge is 0.331 e. The monoisotopic (exact) mass is 351 g/mol. The van der Waals surface area contributed by atoms with Gasteiger partial charge in [-0.05, 0) is 31.0 Å². The minimum Gasteiger partial charge on any atom is -0.331 e. The number of likely N-dealkylation sites (tertiary alicyclic amines) is 1. The van der Waals surface area contributed by atoms with Crippen LogP contribution in [0.25, 0.3) is 0 Å². The normalized spacial score (nSPS) is 19.6. The van der Waals surface area contributed by atoms with Crippen LogP contribution in [0.2, 0.25) is 0 Å². The van der Waals surface area contributed by atoms with Crippen LogP contribution in [0, 0.1) is 5.82 Å². The molecular formula is C17H22FN3O2S. The highest BCUT2D eigenvalue weighted by atomic mass is 32.2. The number of rotatable bonds is 1. The average molecular weight is 351 g/mol. The van der Waals surface area contributed by atoms with E-state index in [9.17, 15) is 14.0 Å². The zero-order valence-corrected chi connectivity index (χ0v) is 14.8. The van der Waals surface area contributed by atoms with Crippen molar-refractivity contribution in [2.24, 2.45) is 0 Å². The van der Waals surface area contributed by atoms with E-state index < -0.39 is 5.82 Å². The Hall–Kier alpha value is -1.76. The molecule has 0 atom stereocenters. The number of carbonyl (C=O) groups excluding carboxylic acids is 2. The summed E-state index contributed by atoms with van der Waals surface area (Å²) in [6, 6.07) is 5.88. The van der Waals surface area contributed by atoms with Crippen molar-refractivity contribution in [3.63, 3.8) is 0 Å². The second-order valence-corrected chi connectivity index (χ2v) is 7.88. The highest BCUT2D eigenvalue weighted by Crippen LogP contribution is 2.44. The van der Waals surface area contributed by atoms with Crippen LogP contribution in [0.15, 0.2) is 24.3 Å². The molecule has 0 radical (unpaired) electrons. The summed E-state index contributed by atoms with van der Waals surface area (Å²) in [5.41, 5.74) is 0.392. The van der Waals surface area contributed by atoms with Gasteiger partial charge in [0, 0.05) is 45.0 Å². The minimum atomic E-state index is -0.395. The van der Waals surface area contributed by atoms with Gasteiger partial charge in [0.1, 0.15) is 5.82 Å². The molecular weight excluding hydrogens is 329 g/mol. The maximum Gasteiger partial charge on any atom is 0.319 e. The summed E-state index contributed by atoms with van der Waals surface area (Å²) in [5, 5.41) is 0. The fourth-order valence-electron chi connectivity index (χ4n) is 3.42. The highest BCUT2D eigenvalue weighted by Gasteiger charge is 2.47. The third-order valence-electron chi connectivity index (χ3n) is 4.69. The minimum absolute atomic E-state index is 0.0100. The smallest absolute Gasteiger partial charge is 0.319 e. The standard InChI is InChI=1S/C17H22FN3O2S/c1-19(2)16(23)20-8-6-17(7-9-20)21(10-11-24-17)15(22)13-4-3-5-14(18)12-13/h3-5,12H,6-11H2,1-2H3. The maximum atomic E-state index is 13.4. The third kappa shape index (κ3) is 3.09. The number of hydrogen-bond acceptors (Lipinski definition) is 3. The molecule has 0 bridgehead atoms. The summed E-state index contributed by atoms with van der Waals surface area (Å²) in [6.07, 6.45) is 1.50. The van der Waals surface area contributed by atoms with Crippen molar-refractivity contribution < 1.29 is 14.0 Å². The molecule has 0 aliphatic carbocycles. The van der Waals surface area contributed by atoms with Gasteiger partial charge in [0.15, 0.2) is 0 Å². The fraction of sp³-hybridized carbons (Fsp3) is 0.529. The van der Waals surface area contributed by atoms with E-state index in [2.05, 4.69) is 0 Å². The second kappa shape index (κ2) is 6.63. The van der Waals surface area contributed by atoms with E-state index in [0.29, 0.717) is 25.2 Å². The Morgan fingerprint density at radius 1 is 1.21 bits per heavy atom. The second-order valence-electron chi connectivity index (χ2n) is 6.43. The predicted octanol–water partition coefficient (Wildman–Crippen LogP) is 2.49. The molecule has 2 aliphatic rings. The summed E-state index contributed by atoms with van der Waals surface area (Å²) in [6.45, 7) is 1.94. The first-order valence-electron chi connectivity index (χ1n) is 8.11. The van der Waals surface area contributed by atoms with E-state index in [1.54, 1.807) is 42.9 Å². The first-order chi connectivity index (χ1) is 11.4. The molecule has 0 saturated carbocycles. The molecule has 1 aromatic carbocycles. The number of carbonyl (C=O) groups is 2. The Bertz CT molecular complexity index is 644. The number of benzene rings is 1. The SMILES string of the molecule is CN(C)C(=O)N1CCC2(CC1)SCCN2C(=O)c1cccc(F)c1. The van der Waals surface area contributed by atoms with Gasteiger partial charge in [0.05, 0.1) is 4.87 Å². The number of thioether (sulfide) groups is 1. The molecule has 24 heavy (non-hydrogen) atoms. The van der Waals surface area contributed by atoms with Gasteiger partial charge in [-0.2, -0.15) is 0 Å². The molecule has 0 N–H and O–H groups in total. The van der Waals surface area contributed by atoms with Crippen LogP contribution in [0.4, 0.5) is 9.18 Å². The molecule has 7 heteroatoms. The van der Waals surface area contributed by atoms with Crippen LogP contribution in [0.5, 0.6) is 0 Å². The predicted molar refractivity (Wildman–Crippen MR) is 92.5 cm³/mol. The summed E-state index contributed by atoms with van der Waals surface area (Å²) in [4.78, 5) is 30.0. The number of halogens is 1. The Morgan fingerprint density at radius 2 is 1.92 bits per heavy atom. The first kappa shape index (κ1) is 17.1. The topological polar surface area (TPSA) is 43.9 Å². The van der Waals surface area contributed by atoms with E-state index >= 15 is 0 Å².